The van der Waals surface area contributed by atoms with Gasteiger partial charge in [0, 0.05) is 0 Å². The van der Waals surface area contributed by atoms with Crippen LogP contribution in [0.1, 0.15) is 25.8 Å². The number of ether oxygens (including phenoxy) is 2. The molecular weight excluding hydrogens is 224 g/mol. The summed E-state index contributed by atoms with van der Waals surface area (Å²) in [4.78, 5) is 10.7. The molecule has 1 aliphatic heterocycles. The second-order valence-corrected chi connectivity index (χ2v) is 4.69. The Morgan fingerprint density at radius 3 is 2.71 bits per heavy atom. The minimum absolute atomic E-state index is 0.0450. The van der Waals surface area contributed by atoms with Gasteiger partial charge < -0.3 is 19.7 Å². The van der Waals surface area contributed by atoms with Crippen molar-refractivity contribution >= 4 is 6.16 Å². The van der Waals surface area contributed by atoms with Gasteiger partial charge >= 0.3 is 6.16 Å². The molecule has 1 aromatic rings. The van der Waals surface area contributed by atoms with E-state index in [2.05, 4.69) is 4.74 Å². The number of benzene rings is 1. The maximum atomic E-state index is 10.7. The van der Waals surface area contributed by atoms with Crippen molar-refractivity contribution in [2.75, 3.05) is 0 Å². The normalized spacial score (nSPS) is 25.6. The van der Waals surface area contributed by atoms with Crippen molar-refractivity contribution < 1.29 is 24.5 Å². The fourth-order valence-corrected chi connectivity index (χ4v) is 2.12. The van der Waals surface area contributed by atoms with Crippen molar-refractivity contribution in [3.63, 3.8) is 0 Å². The molecule has 0 saturated heterocycles. The Morgan fingerprint density at radius 2 is 2.06 bits per heavy atom. The molecule has 92 valence electrons. The summed E-state index contributed by atoms with van der Waals surface area (Å²) >= 11 is 0. The average Bonchev–Trinajstić information content (AvgIpc) is 2.13. The number of rotatable bonds is 1. The highest BCUT2D eigenvalue weighted by atomic mass is 16.7. The monoisotopic (exact) mass is 238 g/mol. The van der Waals surface area contributed by atoms with Crippen molar-refractivity contribution in [1.29, 1.82) is 0 Å². The largest absolute Gasteiger partial charge is 0.508 e. The fourth-order valence-electron chi connectivity index (χ4n) is 2.12. The minimum Gasteiger partial charge on any atom is -0.487 e. The Kier molecular flexibility index (Phi) is 2.50. The Bertz CT molecular complexity index is 454. The van der Waals surface area contributed by atoms with Crippen molar-refractivity contribution in [2.24, 2.45) is 0 Å². The maximum absolute atomic E-state index is 10.7. The van der Waals surface area contributed by atoms with Crippen LogP contribution in [0, 0.1) is 0 Å². The lowest BCUT2D eigenvalue weighted by molar-refractivity contribution is -0.218. The standard InChI is InChI=1S/C12H14O5/c1-11(2)7-12(15,17-10(13)14)8-5-3-4-6-9(8)16-11/h3-6,15H,7H2,1-2H3,(H,13,14). The summed E-state index contributed by atoms with van der Waals surface area (Å²) in [6.07, 6.45) is -1.47. The van der Waals surface area contributed by atoms with Crippen LogP contribution in [0.25, 0.3) is 0 Å². The molecular formula is C12H14O5. The van der Waals surface area contributed by atoms with Gasteiger partial charge in [-0.05, 0) is 26.0 Å². The van der Waals surface area contributed by atoms with Gasteiger partial charge in [-0.2, -0.15) is 0 Å². The van der Waals surface area contributed by atoms with E-state index < -0.39 is 17.5 Å². The quantitative estimate of drug-likeness (QED) is 0.578. The SMILES string of the molecule is CC1(C)CC(O)(OC(=O)O)c2ccccc2O1. The average molecular weight is 238 g/mol. The van der Waals surface area contributed by atoms with Crippen LogP contribution in [-0.4, -0.2) is 22.0 Å². The van der Waals surface area contributed by atoms with Gasteiger partial charge in [-0.1, -0.05) is 12.1 Å². The molecule has 0 amide bonds. The van der Waals surface area contributed by atoms with Gasteiger partial charge in [0.15, 0.2) is 0 Å². The molecule has 0 bridgehead atoms. The molecule has 2 rings (SSSR count). The summed E-state index contributed by atoms with van der Waals surface area (Å²) in [7, 11) is 0. The zero-order valence-corrected chi connectivity index (χ0v) is 9.64. The van der Waals surface area contributed by atoms with E-state index in [9.17, 15) is 9.90 Å². The molecule has 0 spiro atoms. The molecule has 2 N–H and O–H groups in total. The van der Waals surface area contributed by atoms with Crippen LogP contribution in [0.4, 0.5) is 4.79 Å². The van der Waals surface area contributed by atoms with E-state index in [-0.39, 0.29) is 6.42 Å². The van der Waals surface area contributed by atoms with Crippen LogP contribution >= 0.6 is 0 Å². The summed E-state index contributed by atoms with van der Waals surface area (Å²) in [5.41, 5.74) is -0.361. The first kappa shape index (κ1) is 11.7. The van der Waals surface area contributed by atoms with E-state index in [0.29, 0.717) is 11.3 Å². The molecule has 5 nitrogen and oxygen atoms in total. The van der Waals surface area contributed by atoms with E-state index in [1.54, 1.807) is 38.1 Å². The van der Waals surface area contributed by atoms with Gasteiger partial charge in [-0.3, -0.25) is 0 Å². The Balaban J connectivity index is 2.49. The summed E-state index contributed by atoms with van der Waals surface area (Å²) in [6.45, 7) is 3.53. The van der Waals surface area contributed by atoms with Gasteiger partial charge in [-0.25, -0.2) is 4.79 Å². The molecule has 0 fully saturated rings. The summed E-state index contributed by atoms with van der Waals surface area (Å²) in [5.74, 6) is -1.42. The van der Waals surface area contributed by atoms with E-state index in [1.807, 2.05) is 0 Å². The second kappa shape index (κ2) is 3.63. The highest BCUT2D eigenvalue weighted by molar-refractivity contribution is 5.58. The van der Waals surface area contributed by atoms with E-state index in [4.69, 9.17) is 9.84 Å². The van der Waals surface area contributed by atoms with Crippen molar-refractivity contribution in [3.05, 3.63) is 29.8 Å². The molecule has 0 saturated carbocycles. The molecule has 1 aromatic carbocycles. The Hall–Kier alpha value is -1.75. The minimum atomic E-state index is -1.86. The molecule has 0 aromatic heterocycles. The number of fused-ring (bicyclic) bond motifs is 1. The van der Waals surface area contributed by atoms with E-state index >= 15 is 0 Å². The first-order chi connectivity index (χ1) is 7.82. The number of hydrogen-bond donors (Lipinski definition) is 2. The highest BCUT2D eigenvalue weighted by Crippen LogP contribution is 2.43. The van der Waals surface area contributed by atoms with Gasteiger partial charge in [-0.15, -0.1) is 0 Å². The lowest BCUT2D eigenvalue weighted by Crippen LogP contribution is -2.46. The first-order valence-corrected chi connectivity index (χ1v) is 5.25. The fraction of sp³-hybridized carbons (Fsp3) is 0.417. The van der Waals surface area contributed by atoms with Crippen LogP contribution in [0.3, 0.4) is 0 Å². The van der Waals surface area contributed by atoms with Crippen LogP contribution in [0.5, 0.6) is 5.75 Å². The molecule has 1 atom stereocenters. The third kappa shape index (κ3) is 2.19. The van der Waals surface area contributed by atoms with E-state index in [1.165, 1.54) is 0 Å². The predicted molar refractivity (Wildman–Crippen MR) is 58.8 cm³/mol. The van der Waals surface area contributed by atoms with Crippen LogP contribution in [0.15, 0.2) is 24.3 Å². The molecule has 1 unspecified atom stereocenters. The van der Waals surface area contributed by atoms with Gasteiger partial charge in [0.25, 0.3) is 0 Å². The summed E-state index contributed by atoms with van der Waals surface area (Å²) in [5, 5.41) is 19.1. The topological polar surface area (TPSA) is 76.0 Å². The van der Waals surface area contributed by atoms with Crippen LogP contribution < -0.4 is 4.74 Å². The number of carbonyl (C=O) groups is 1. The summed E-state index contributed by atoms with van der Waals surface area (Å²) in [6, 6.07) is 6.71. The lowest BCUT2D eigenvalue weighted by atomic mass is 9.88. The van der Waals surface area contributed by atoms with Crippen LogP contribution in [-0.2, 0) is 10.5 Å². The van der Waals surface area contributed by atoms with Gasteiger partial charge in [0.1, 0.15) is 11.4 Å². The summed E-state index contributed by atoms with van der Waals surface area (Å²) < 4.78 is 10.3. The smallest absolute Gasteiger partial charge is 0.487 e. The molecule has 0 aliphatic carbocycles. The van der Waals surface area contributed by atoms with Crippen molar-refractivity contribution in [2.45, 2.75) is 31.7 Å². The number of aliphatic hydroxyl groups is 1. The van der Waals surface area contributed by atoms with Gasteiger partial charge in [0.2, 0.25) is 5.79 Å². The zero-order valence-electron chi connectivity index (χ0n) is 9.64. The zero-order chi connectivity index (χ0) is 12.7. The number of carboxylic acid groups (broad SMARTS) is 1. The molecule has 17 heavy (non-hydrogen) atoms. The second-order valence-electron chi connectivity index (χ2n) is 4.69. The Labute approximate surface area is 98.6 Å². The Morgan fingerprint density at radius 1 is 1.41 bits per heavy atom. The van der Waals surface area contributed by atoms with Crippen LogP contribution in [0.2, 0.25) is 0 Å². The third-order valence-electron chi connectivity index (χ3n) is 2.62. The molecule has 1 aliphatic rings. The van der Waals surface area contributed by atoms with Crippen molar-refractivity contribution in [3.8, 4) is 5.75 Å². The molecule has 0 radical (unpaired) electrons. The highest BCUT2D eigenvalue weighted by Gasteiger charge is 2.47. The van der Waals surface area contributed by atoms with E-state index in [0.717, 1.165) is 0 Å². The number of para-hydroxylation sites is 1. The van der Waals surface area contributed by atoms with Gasteiger partial charge in [0.05, 0.1) is 12.0 Å². The lowest BCUT2D eigenvalue weighted by Gasteiger charge is -2.41. The molecule has 1 heterocycles. The predicted octanol–water partition coefficient (Wildman–Crippen LogP) is 2.09. The maximum Gasteiger partial charge on any atom is 0.508 e. The van der Waals surface area contributed by atoms with Crippen molar-refractivity contribution in [1.82, 2.24) is 0 Å². The number of hydrogen-bond acceptors (Lipinski definition) is 4. The first-order valence-electron chi connectivity index (χ1n) is 5.25. The molecule has 5 heteroatoms. The third-order valence-corrected chi connectivity index (χ3v) is 2.62.